The minimum Gasteiger partial charge on any atom is -0.493 e. The van der Waals surface area contributed by atoms with Crippen LogP contribution in [-0.4, -0.2) is 26.0 Å². The zero-order valence-electron chi connectivity index (χ0n) is 13.8. The Hall–Kier alpha value is -3.08. The molecule has 2 aromatic carbocycles. The van der Waals surface area contributed by atoms with Crippen molar-refractivity contribution in [3.8, 4) is 11.5 Å². The van der Waals surface area contributed by atoms with E-state index in [2.05, 4.69) is 10.3 Å². The third-order valence-corrected chi connectivity index (χ3v) is 3.81. The molecule has 0 spiro atoms. The average Bonchev–Trinajstić information content (AvgIpc) is 2.95. The van der Waals surface area contributed by atoms with Gasteiger partial charge in [0, 0.05) is 5.56 Å². The maximum Gasteiger partial charge on any atom is 0.275 e. The number of aliphatic imine (C=N–C) groups is 1. The first-order valence-corrected chi connectivity index (χ1v) is 7.52. The maximum atomic E-state index is 12.2. The van der Waals surface area contributed by atoms with Crippen LogP contribution < -0.4 is 14.8 Å². The predicted molar refractivity (Wildman–Crippen MR) is 93.4 cm³/mol. The van der Waals surface area contributed by atoms with E-state index in [1.54, 1.807) is 32.4 Å². The smallest absolute Gasteiger partial charge is 0.275 e. The van der Waals surface area contributed by atoms with Gasteiger partial charge in [-0.15, -0.1) is 0 Å². The summed E-state index contributed by atoms with van der Waals surface area (Å²) in [6.07, 6.45) is 1.72. The Labute approximate surface area is 140 Å². The largest absolute Gasteiger partial charge is 0.493 e. The van der Waals surface area contributed by atoms with E-state index in [1.807, 2.05) is 37.3 Å². The second kappa shape index (κ2) is 6.58. The lowest BCUT2D eigenvalue weighted by Crippen LogP contribution is -2.25. The first-order chi connectivity index (χ1) is 11.6. The van der Waals surface area contributed by atoms with Gasteiger partial charge in [0.05, 0.1) is 14.2 Å². The third-order valence-electron chi connectivity index (χ3n) is 3.81. The van der Waals surface area contributed by atoms with Crippen LogP contribution >= 0.6 is 0 Å². The van der Waals surface area contributed by atoms with E-state index in [0.717, 1.165) is 16.7 Å². The van der Waals surface area contributed by atoms with E-state index in [0.29, 0.717) is 23.0 Å². The van der Waals surface area contributed by atoms with Crippen molar-refractivity contribution in [1.82, 2.24) is 5.32 Å². The van der Waals surface area contributed by atoms with Gasteiger partial charge in [-0.25, -0.2) is 4.99 Å². The minimum absolute atomic E-state index is 0.219. The van der Waals surface area contributed by atoms with Crippen molar-refractivity contribution < 1.29 is 14.3 Å². The molecule has 1 aliphatic rings. The van der Waals surface area contributed by atoms with Crippen LogP contribution in [0, 0.1) is 6.92 Å². The van der Waals surface area contributed by atoms with E-state index in [1.165, 1.54) is 0 Å². The van der Waals surface area contributed by atoms with Crippen molar-refractivity contribution in [2.24, 2.45) is 4.99 Å². The first-order valence-electron chi connectivity index (χ1n) is 7.52. The molecule has 5 nitrogen and oxygen atoms in total. The number of hydrogen-bond donors (Lipinski definition) is 1. The fourth-order valence-corrected chi connectivity index (χ4v) is 2.54. The molecule has 122 valence electrons. The molecule has 3 rings (SSSR count). The molecule has 1 N–H and O–H groups in total. The Kier molecular flexibility index (Phi) is 4.33. The molecule has 5 heteroatoms. The lowest BCUT2D eigenvalue weighted by atomic mass is 10.1. The Bertz CT molecular complexity index is 853. The molecule has 1 aliphatic heterocycles. The summed E-state index contributed by atoms with van der Waals surface area (Å²) < 4.78 is 10.5. The molecular weight excluding hydrogens is 304 g/mol. The summed E-state index contributed by atoms with van der Waals surface area (Å²) in [5, 5.41) is 2.82. The molecule has 0 radical (unpaired) electrons. The van der Waals surface area contributed by atoms with Gasteiger partial charge in [-0.2, -0.15) is 0 Å². The number of carbonyl (C=O) groups excluding carboxylic acids is 1. The first kappa shape index (κ1) is 15.8. The number of carbonyl (C=O) groups is 1. The van der Waals surface area contributed by atoms with E-state index in [9.17, 15) is 4.79 Å². The molecule has 2 aromatic rings. The number of amidine groups is 1. The van der Waals surface area contributed by atoms with Gasteiger partial charge in [-0.1, -0.05) is 30.3 Å². The molecule has 0 bridgehead atoms. The van der Waals surface area contributed by atoms with Gasteiger partial charge >= 0.3 is 0 Å². The quantitative estimate of drug-likeness (QED) is 0.881. The number of nitrogens with one attached hydrogen (secondary N) is 1. The molecule has 0 aliphatic carbocycles. The van der Waals surface area contributed by atoms with Gasteiger partial charge in [-0.05, 0) is 36.3 Å². The summed E-state index contributed by atoms with van der Waals surface area (Å²) in [5.41, 5.74) is 3.15. The summed E-state index contributed by atoms with van der Waals surface area (Å²) in [6.45, 7) is 1.99. The highest BCUT2D eigenvalue weighted by molar-refractivity contribution is 6.20. The van der Waals surface area contributed by atoms with Crippen LogP contribution in [0.25, 0.3) is 6.08 Å². The van der Waals surface area contributed by atoms with Crippen LogP contribution in [0.4, 0.5) is 0 Å². The maximum absolute atomic E-state index is 12.2. The topological polar surface area (TPSA) is 59.9 Å². The van der Waals surface area contributed by atoms with E-state index in [-0.39, 0.29) is 5.91 Å². The highest BCUT2D eigenvalue weighted by Crippen LogP contribution is 2.29. The SMILES string of the molecule is COc1ccc(/C=C2/N=C(c3ccccc3C)NC2=O)cc1OC. The standard InChI is InChI=1S/C19H18N2O3/c1-12-6-4-5-7-14(12)18-20-15(19(22)21-18)10-13-8-9-16(23-2)17(11-13)24-3/h4-11H,1-3H3,(H,20,21,22)/b15-10+. The number of rotatable bonds is 4. The Morgan fingerprint density at radius 1 is 1.04 bits per heavy atom. The molecule has 0 saturated carbocycles. The monoisotopic (exact) mass is 322 g/mol. The predicted octanol–water partition coefficient (Wildman–Crippen LogP) is 2.93. The van der Waals surface area contributed by atoms with Crippen LogP contribution in [0.3, 0.4) is 0 Å². The fourth-order valence-electron chi connectivity index (χ4n) is 2.54. The second-order valence-corrected chi connectivity index (χ2v) is 5.37. The highest BCUT2D eigenvalue weighted by Gasteiger charge is 2.22. The van der Waals surface area contributed by atoms with Gasteiger partial charge < -0.3 is 14.8 Å². The molecular formula is C19H18N2O3. The van der Waals surface area contributed by atoms with Crippen molar-refractivity contribution in [2.45, 2.75) is 6.92 Å². The molecule has 0 aromatic heterocycles. The van der Waals surface area contributed by atoms with Crippen LogP contribution in [0.2, 0.25) is 0 Å². The van der Waals surface area contributed by atoms with Gasteiger partial charge in [0.2, 0.25) is 0 Å². The minimum atomic E-state index is -0.219. The van der Waals surface area contributed by atoms with E-state index < -0.39 is 0 Å². The van der Waals surface area contributed by atoms with E-state index in [4.69, 9.17) is 9.47 Å². The number of nitrogens with zero attached hydrogens (tertiary/aromatic N) is 1. The molecule has 0 unspecified atom stereocenters. The van der Waals surface area contributed by atoms with Gasteiger partial charge in [0.25, 0.3) is 5.91 Å². The van der Waals surface area contributed by atoms with Gasteiger partial charge in [0.15, 0.2) is 11.5 Å². The number of benzene rings is 2. The zero-order valence-corrected chi connectivity index (χ0v) is 13.8. The van der Waals surface area contributed by atoms with Crippen molar-refractivity contribution in [1.29, 1.82) is 0 Å². The summed E-state index contributed by atoms with van der Waals surface area (Å²) in [4.78, 5) is 16.6. The molecule has 0 saturated heterocycles. The summed E-state index contributed by atoms with van der Waals surface area (Å²) in [5.74, 6) is 1.60. The number of methoxy groups -OCH3 is 2. The summed E-state index contributed by atoms with van der Waals surface area (Å²) in [7, 11) is 3.16. The third kappa shape index (κ3) is 3.01. The number of hydrogen-bond acceptors (Lipinski definition) is 4. The Morgan fingerprint density at radius 3 is 2.50 bits per heavy atom. The van der Waals surface area contributed by atoms with Crippen molar-refractivity contribution in [3.63, 3.8) is 0 Å². The second-order valence-electron chi connectivity index (χ2n) is 5.37. The molecule has 0 fully saturated rings. The van der Waals surface area contributed by atoms with E-state index >= 15 is 0 Å². The van der Waals surface area contributed by atoms with Crippen LogP contribution in [0.15, 0.2) is 53.2 Å². The number of ether oxygens (including phenoxy) is 2. The molecule has 1 heterocycles. The zero-order chi connectivity index (χ0) is 17.1. The summed E-state index contributed by atoms with van der Waals surface area (Å²) in [6, 6.07) is 13.3. The Balaban J connectivity index is 1.96. The Morgan fingerprint density at radius 2 is 1.79 bits per heavy atom. The average molecular weight is 322 g/mol. The molecule has 24 heavy (non-hydrogen) atoms. The summed E-state index contributed by atoms with van der Waals surface area (Å²) >= 11 is 0. The van der Waals surface area contributed by atoms with Crippen molar-refractivity contribution in [2.75, 3.05) is 14.2 Å². The van der Waals surface area contributed by atoms with Gasteiger partial charge in [-0.3, -0.25) is 4.79 Å². The van der Waals surface area contributed by atoms with Crippen LogP contribution in [0.5, 0.6) is 11.5 Å². The van der Waals surface area contributed by atoms with Crippen molar-refractivity contribution >= 4 is 17.8 Å². The van der Waals surface area contributed by atoms with Crippen LogP contribution in [-0.2, 0) is 4.79 Å². The normalized spacial score (nSPS) is 15.2. The number of amides is 1. The fraction of sp³-hybridized carbons (Fsp3) is 0.158. The number of aryl methyl sites for hydroxylation is 1. The molecule has 1 amide bonds. The van der Waals surface area contributed by atoms with Gasteiger partial charge in [0.1, 0.15) is 11.5 Å². The highest BCUT2D eigenvalue weighted by atomic mass is 16.5. The molecule has 0 atom stereocenters. The van der Waals surface area contributed by atoms with Crippen molar-refractivity contribution in [3.05, 3.63) is 64.9 Å². The van der Waals surface area contributed by atoms with Crippen LogP contribution in [0.1, 0.15) is 16.7 Å². The lowest BCUT2D eigenvalue weighted by molar-refractivity contribution is -0.115. The lowest BCUT2D eigenvalue weighted by Gasteiger charge is -2.07.